The molecule has 23 heavy (non-hydrogen) atoms. The van der Waals surface area contributed by atoms with Crippen molar-refractivity contribution < 1.29 is 4.39 Å². The molecule has 2 heterocycles. The fourth-order valence-corrected chi connectivity index (χ4v) is 2.78. The minimum absolute atomic E-state index is 0.314. The summed E-state index contributed by atoms with van der Waals surface area (Å²) >= 11 is 11.9. The van der Waals surface area contributed by atoms with E-state index in [1.165, 1.54) is 6.07 Å². The Labute approximate surface area is 142 Å². The number of aryl methyl sites for hydroxylation is 1. The second-order valence-electron chi connectivity index (χ2n) is 5.15. The molecule has 0 unspecified atom stereocenters. The number of hydrogen-bond donors (Lipinski definition) is 0. The summed E-state index contributed by atoms with van der Waals surface area (Å²) in [5, 5.41) is 13.0. The highest BCUT2D eigenvalue weighted by Crippen LogP contribution is 2.26. The number of nitrogens with zero attached hydrogens (tertiary/aromatic N) is 4. The minimum atomic E-state index is -0.324. The summed E-state index contributed by atoms with van der Waals surface area (Å²) in [6, 6.07) is 8.05. The van der Waals surface area contributed by atoms with Gasteiger partial charge in [-0.2, -0.15) is 5.10 Å². The van der Waals surface area contributed by atoms with Gasteiger partial charge in [0.2, 0.25) is 0 Å². The maximum atomic E-state index is 14.0. The first-order valence-corrected chi connectivity index (χ1v) is 7.70. The standard InChI is InChI=1S/C16H13Cl2FN4/c1-9-11(8-12-13(17)4-3-5-14(12)19)10(2)23(22-9)16-7-6-15(18)20-21-16/h3-7H,8H2,1-2H3. The maximum Gasteiger partial charge on any atom is 0.176 e. The van der Waals surface area contributed by atoms with E-state index in [-0.39, 0.29) is 5.82 Å². The third-order valence-electron chi connectivity index (χ3n) is 3.69. The monoisotopic (exact) mass is 350 g/mol. The van der Waals surface area contributed by atoms with Gasteiger partial charge in [0.05, 0.1) is 5.69 Å². The van der Waals surface area contributed by atoms with E-state index in [0.717, 1.165) is 17.0 Å². The van der Waals surface area contributed by atoms with Gasteiger partial charge in [0.1, 0.15) is 5.82 Å². The van der Waals surface area contributed by atoms with Crippen LogP contribution in [0.4, 0.5) is 4.39 Å². The fraction of sp³-hybridized carbons (Fsp3) is 0.188. The van der Waals surface area contributed by atoms with E-state index in [9.17, 15) is 4.39 Å². The molecular weight excluding hydrogens is 338 g/mol. The average Bonchev–Trinajstić information content (AvgIpc) is 2.79. The Morgan fingerprint density at radius 3 is 2.48 bits per heavy atom. The van der Waals surface area contributed by atoms with Gasteiger partial charge in [-0.1, -0.05) is 29.3 Å². The molecule has 7 heteroatoms. The van der Waals surface area contributed by atoms with E-state index in [1.807, 2.05) is 13.8 Å². The lowest BCUT2D eigenvalue weighted by Crippen LogP contribution is -2.03. The maximum absolute atomic E-state index is 14.0. The van der Waals surface area contributed by atoms with Gasteiger partial charge in [-0.3, -0.25) is 0 Å². The van der Waals surface area contributed by atoms with Gasteiger partial charge in [0.15, 0.2) is 11.0 Å². The van der Waals surface area contributed by atoms with Crippen LogP contribution in [0.25, 0.3) is 5.82 Å². The fourth-order valence-electron chi connectivity index (χ4n) is 2.45. The molecular formula is C16H13Cl2FN4. The van der Waals surface area contributed by atoms with E-state index in [0.29, 0.717) is 28.0 Å². The van der Waals surface area contributed by atoms with Crippen LogP contribution in [0.3, 0.4) is 0 Å². The molecule has 0 saturated heterocycles. The summed E-state index contributed by atoms with van der Waals surface area (Å²) in [5.74, 6) is 0.233. The van der Waals surface area contributed by atoms with Crippen LogP contribution in [-0.2, 0) is 6.42 Å². The summed E-state index contributed by atoms with van der Waals surface area (Å²) in [5.41, 5.74) is 3.02. The number of benzene rings is 1. The van der Waals surface area contributed by atoms with Crippen LogP contribution in [0, 0.1) is 19.7 Å². The Morgan fingerprint density at radius 2 is 1.83 bits per heavy atom. The van der Waals surface area contributed by atoms with E-state index in [1.54, 1.807) is 28.9 Å². The molecule has 0 fully saturated rings. The van der Waals surface area contributed by atoms with Crippen molar-refractivity contribution in [1.82, 2.24) is 20.0 Å². The van der Waals surface area contributed by atoms with Gasteiger partial charge in [-0.25, -0.2) is 9.07 Å². The molecule has 0 spiro atoms. The van der Waals surface area contributed by atoms with Crippen molar-refractivity contribution in [3.63, 3.8) is 0 Å². The molecule has 3 rings (SSSR count). The van der Waals surface area contributed by atoms with Gasteiger partial charge in [0.25, 0.3) is 0 Å². The van der Waals surface area contributed by atoms with Gasteiger partial charge >= 0.3 is 0 Å². The Balaban J connectivity index is 2.03. The van der Waals surface area contributed by atoms with E-state index in [4.69, 9.17) is 23.2 Å². The number of halogens is 3. The molecule has 0 N–H and O–H groups in total. The zero-order valence-corrected chi connectivity index (χ0v) is 14.0. The van der Waals surface area contributed by atoms with Crippen LogP contribution in [0.15, 0.2) is 30.3 Å². The van der Waals surface area contributed by atoms with E-state index < -0.39 is 0 Å². The highest BCUT2D eigenvalue weighted by molar-refractivity contribution is 6.31. The molecule has 0 aliphatic rings. The zero-order valence-electron chi connectivity index (χ0n) is 12.5. The van der Waals surface area contributed by atoms with Crippen molar-refractivity contribution in [2.24, 2.45) is 0 Å². The Bertz CT molecular complexity index is 839. The minimum Gasteiger partial charge on any atom is -0.217 e. The third-order valence-corrected chi connectivity index (χ3v) is 4.25. The lowest BCUT2D eigenvalue weighted by molar-refractivity contribution is 0.614. The van der Waals surface area contributed by atoms with Crippen molar-refractivity contribution in [1.29, 1.82) is 0 Å². The summed E-state index contributed by atoms with van der Waals surface area (Å²) in [6.07, 6.45) is 0.365. The molecule has 3 aromatic rings. The lowest BCUT2D eigenvalue weighted by atomic mass is 10.0. The Hall–Kier alpha value is -1.98. The molecule has 0 saturated carbocycles. The largest absolute Gasteiger partial charge is 0.217 e. The Morgan fingerprint density at radius 1 is 1.04 bits per heavy atom. The summed E-state index contributed by atoms with van der Waals surface area (Å²) < 4.78 is 15.7. The molecule has 0 radical (unpaired) electrons. The van der Waals surface area contributed by atoms with Crippen LogP contribution >= 0.6 is 23.2 Å². The van der Waals surface area contributed by atoms with E-state index in [2.05, 4.69) is 15.3 Å². The first-order chi connectivity index (χ1) is 11.0. The van der Waals surface area contributed by atoms with Crippen LogP contribution in [0.2, 0.25) is 10.2 Å². The first kappa shape index (κ1) is 15.9. The molecule has 1 aromatic carbocycles. The topological polar surface area (TPSA) is 43.6 Å². The smallest absolute Gasteiger partial charge is 0.176 e. The predicted octanol–water partition coefficient (Wildman–Crippen LogP) is 4.32. The van der Waals surface area contributed by atoms with Crippen LogP contribution in [0.1, 0.15) is 22.5 Å². The molecule has 2 aromatic heterocycles. The normalized spacial score (nSPS) is 11.0. The second-order valence-corrected chi connectivity index (χ2v) is 5.95. The first-order valence-electron chi connectivity index (χ1n) is 6.95. The average molecular weight is 351 g/mol. The summed E-state index contributed by atoms with van der Waals surface area (Å²) in [7, 11) is 0. The Kier molecular flexibility index (Phi) is 4.33. The molecule has 0 aliphatic heterocycles. The SMILES string of the molecule is Cc1nn(-c2ccc(Cl)nn2)c(C)c1Cc1c(F)cccc1Cl. The lowest BCUT2D eigenvalue weighted by Gasteiger charge is -2.07. The molecule has 0 atom stereocenters. The van der Waals surface area contributed by atoms with Crippen LogP contribution in [-0.4, -0.2) is 20.0 Å². The molecule has 0 aliphatic carbocycles. The van der Waals surface area contributed by atoms with Crippen molar-refractivity contribution in [2.45, 2.75) is 20.3 Å². The van der Waals surface area contributed by atoms with Gasteiger partial charge in [-0.15, -0.1) is 10.2 Å². The van der Waals surface area contributed by atoms with Crippen molar-refractivity contribution in [2.75, 3.05) is 0 Å². The van der Waals surface area contributed by atoms with Crippen molar-refractivity contribution >= 4 is 23.2 Å². The van der Waals surface area contributed by atoms with Crippen LogP contribution < -0.4 is 0 Å². The molecule has 118 valence electrons. The quantitative estimate of drug-likeness (QED) is 0.706. The van der Waals surface area contributed by atoms with Gasteiger partial charge in [-0.05, 0) is 38.1 Å². The van der Waals surface area contributed by atoms with Gasteiger partial charge < -0.3 is 0 Å². The molecule has 0 amide bonds. The van der Waals surface area contributed by atoms with Crippen molar-refractivity contribution in [3.8, 4) is 5.82 Å². The van der Waals surface area contributed by atoms with Crippen molar-refractivity contribution in [3.05, 3.63) is 68.8 Å². The highest BCUT2D eigenvalue weighted by Gasteiger charge is 2.17. The highest BCUT2D eigenvalue weighted by atomic mass is 35.5. The van der Waals surface area contributed by atoms with Crippen LogP contribution in [0.5, 0.6) is 0 Å². The molecule has 0 bridgehead atoms. The number of aromatic nitrogens is 4. The molecule has 4 nitrogen and oxygen atoms in total. The zero-order chi connectivity index (χ0) is 16.6. The number of hydrogen-bond acceptors (Lipinski definition) is 3. The summed E-state index contributed by atoms with van der Waals surface area (Å²) in [6.45, 7) is 3.78. The van der Waals surface area contributed by atoms with E-state index >= 15 is 0 Å². The van der Waals surface area contributed by atoms with Gasteiger partial charge in [0, 0.05) is 28.3 Å². The predicted molar refractivity (Wildman–Crippen MR) is 87.9 cm³/mol. The second kappa shape index (κ2) is 6.26. The summed E-state index contributed by atoms with van der Waals surface area (Å²) in [4.78, 5) is 0. The third kappa shape index (κ3) is 3.07. The number of rotatable bonds is 3.